The smallest absolute Gasteiger partial charge is 0.123 e. The minimum absolute atomic E-state index is 0.295. The Morgan fingerprint density at radius 3 is 2.53 bits per heavy atom. The predicted octanol–water partition coefficient (Wildman–Crippen LogP) is 4.55. The van der Waals surface area contributed by atoms with Gasteiger partial charge < -0.3 is 5.73 Å². The van der Waals surface area contributed by atoms with Crippen LogP contribution in [-0.2, 0) is 12.0 Å². The molecule has 0 saturated heterocycles. The molecular formula is C15H14Cl2FN. The first-order valence-corrected chi connectivity index (χ1v) is 6.63. The third kappa shape index (κ3) is 3.47. The lowest BCUT2D eigenvalue weighted by Crippen LogP contribution is -2.35. The van der Waals surface area contributed by atoms with Gasteiger partial charge in [0.25, 0.3) is 0 Å². The molecule has 0 spiro atoms. The molecule has 2 rings (SSSR count). The number of halogens is 3. The fourth-order valence-electron chi connectivity index (χ4n) is 2.01. The molecule has 0 aliphatic heterocycles. The predicted molar refractivity (Wildman–Crippen MR) is 78.1 cm³/mol. The average molecular weight is 298 g/mol. The number of hydrogen-bond acceptors (Lipinski definition) is 1. The lowest BCUT2D eigenvalue weighted by atomic mass is 9.86. The van der Waals surface area contributed by atoms with Crippen molar-refractivity contribution in [2.75, 3.05) is 0 Å². The summed E-state index contributed by atoms with van der Waals surface area (Å²) in [5.41, 5.74) is 7.22. The van der Waals surface area contributed by atoms with Crippen LogP contribution in [0, 0.1) is 5.82 Å². The highest BCUT2D eigenvalue weighted by Crippen LogP contribution is 2.28. The van der Waals surface area contributed by atoms with Crippen LogP contribution in [0.3, 0.4) is 0 Å². The van der Waals surface area contributed by atoms with Crippen LogP contribution in [0.1, 0.15) is 18.1 Å². The first kappa shape index (κ1) is 14.3. The van der Waals surface area contributed by atoms with Crippen molar-refractivity contribution in [3.63, 3.8) is 0 Å². The summed E-state index contributed by atoms with van der Waals surface area (Å²) in [4.78, 5) is 0. The molecule has 1 atom stereocenters. The largest absolute Gasteiger partial charge is 0.321 e. The van der Waals surface area contributed by atoms with E-state index in [1.54, 1.807) is 18.2 Å². The molecule has 100 valence electrons. The van der Waals surface area contributed by atoms with Crippen LogP contribution in [0.2, 0.25) is 10.0 Å². The van der Waals surface area contributed by atoms with Gasteiger partial charge in [0.05, 0.1) is 0 Å². The van der Waals surface area contributed by atoms with Crippen molar-refractivity contribution in [2.24, 2.45) is 5.73 Å². The van der Waals surface area contributed by atoms with Gasteiger partial charge in [-0.15, -0.1) is 0 Å². The van der Waals surface area contributed by atoms with Crippen molar-refractivity contribution in [3.8, 4) is 0 Å². The number of hydrogen-bond donors (Lipinski definition) is 1. The Morgan fingerprint density at radius 2 is 1.89 bits per heavy atom. The summed E-state index contributed by atoms with van der Waals surface area (Å²) in [6, 6.07) is 11.6. The van der Waals surface area contributed by atoms with Gasteiger partial charge in [0.15, 0.2) is 0 Å². The molecule has 1 unspecified atom stereocenters. The van der Waals surface area contributed by atoms with Crippen molar-refractivity contribution in [1.29, 1.82) is 0 Å². The molecule has 2 aromatic rings. The van der Waals surface area contributed by atoms with Crippen LogP contribution in [0.25, 0.3) is 0 Å². The Bertz CT molecular complexity index is 596. The molecule has 0 amide bonds. The minimum Gasteiger partial charge on any atom is -0.321 e. The Hall–Kier alpha value is -1.09. The maximum absolute atomic E-state index is 13.3. The van der Waals surface area contributed by atoms with Crippen molar-refractivity contribution < 1.29 is 4.39 Å². The third-order valence-electron chi connectivity index (χ3n) is 3.06. The first-order chi connectivity index (χ1) is 8.88. The topological polar surface area (TPSA) is 26.0 Å². The molecule has 2 aromatic carbocycles. The van der Waals surface area contributed by atoms with Gasteiger partial charge in [-0.3, -0.25) is 0 Å². The molecule has 0 radical (unpaired) electrons. The van der Waals surface area contributed by atoms with Gasteiger partial charge in [-0.05, 0) is 48.7 Å². The van der Waals surface area contributed by atoms with E-state index < -0.39 is 5.54 Å². The van der Waals surface area contributed by atoms with Crippen molar-refractivity contribution in [3.05, 3.63) is 69.5 Å². The van der Waals surface area contributed by atoms with Crippen LogP contribution in [0.4, 0.5) is 4.39 Å². The molecule has 0 aliphatic rings. The Kier molecular flexibility index (Phi) is 4.14. The first-order valence-electron chi connectivity index (χ1n) is 5.87. The second kappa shape index (κ2) is 5.49. The molecule has 4 heteroatoms. The van der Waals surface area contributed by atoms with Crippen LogP contribution >= 0.6 is 23.2 Å². The molecule has 0 aromatic heterocycles. The highest BCUT2D eigenvalue weighted by atomic mass is 35.5. The zero-order valence-corrected chi connectivity index (χ0v) is 12.0. The lowest BCUT2D eigenvalue weighted by Gasteiger charge is -2.26. The number of nitrogens with two attached hydrogens (primary N) is 1. The third-order valence-corrected chi connectivity index (χ3v) is 3.64. The summed E-state index contributed by atoms with van der Waals surface area (Å²) in [5.74, 6) is -0.295. The van der Waals surface area contributed by atoms with E-state index in [-0.39, 0.29) is 5.82 Å². The van der Waals surface area contributed by atoms with Gasteiger partial charge in [0.1, 0.15) is 5.82 Å². The molecule has 1 nitrogen and oxygen atoms in total. The molecule has 0 aliphatic carbocycles. The quantitative estimate of drug-likeness (QED) is 0.884. The van der Waals surface area contributed by atoms with Gasteiger partial charge in [0, 0.05) is 15.6 Å². The highest BCUT2D eigenvalue weighted by Gasteiger charge is 2.23. The SMILES string of the molecule is CC(N)(Cc1ccc(Cl)cc1Cl)c1cccc(F)c1. The Balaban J connectivity index is 2.30. The van der Waals surface area contributed by atoms with E-state index in [9.17, 15) is 4.39 Å². The average Bonchev–Trinajstić information content (AvgIpc) is 2.33. The summed E-state index contributed by atoms with van der Waals surface area (Å²) < 4.78 is 13.3. The van der Waals surface area contributed by atoms with E-state index in [2.05, 4.69) is 0 Å². The zero-order chi connectivity index (χ0) is 14.0. The van der Waals surface area contributed by atoms with E-state index in [0.29, 0.717) is 16.5 Å². The summed E-state index contributed by atoms with van der Waals surface area (Å²) in [5, 5.41) is 1.15. The van der Waals surface area contributed by atoms with E-state index in [1.165, 1.54) is 12.1 Å². The Labute approximate surface area is 122 Å². The molecule has 0 fully saturated rings. The van der Waals surface area contributed by atoms with Gasteiger partial charge in [-0.2, -0.15) is 0 Å². The van der Waals surface area contributed by atoms with E-state index in [4.69, 9.17) is 28.9 Å². The fraction of sp³-hybridized carbons (Fsp3) is 0.200. The fourth-order valence-corrected chi connectivity index (χ4v) is 2.48. The normalized spacial score (nSPS) is 14.2. The molecule has 19 heavy (non-hydrogen) atoms. The molecule has 0 heterocycles. The van der Waals surface area contributed by atoms with E-state index in [0.717, 1.165) is 11.1 Å². The van der Waals surface area contributed by atoms with Crippen LogP contribution in [-0.4, -0.2) is 0 Å². The molecule has 0 saturated carbocycles. The van der Waals surface area contributed by atoms with E-state index in [1.807, 2.05) is 19.1 Å². The second-order valence-corrected chi connectivity index (χ2v) is 5.68. The monoisotopic (exact) mass is 297 g/mol. The van der Waals surface area contributed by atoms with Gasteiger partial charge in [-0.1, -0.05) is 41.4 Å². The molecule has 0 bridgehead atoms. The summed E-state index contributed by atoms with van der Waals surface area (Å²) in [7, 11) is 0. The van der Waals surface area contributed by atoms with Gasteiger partial charge >= 0.3 is 0 Å². The lowest BCUT2D eigenvalue weighted by molar-refractivity contribution is 0.486. The van der Waals surface area contributed by atoms with Crippen molar-refractivity contribution >= 4 is 23.2 Å². The second-order valence-electron chi connectivity index (χ2n) is 4.84. The zero-order valence-electron chi connectivity index (χ0n) is 10.5. The van der Waals surface area contributed by atoms with Crippen LogP contribution < -0.4 is 5.73 Å². The standard InChI is InChI=1S/C15H14Cl2FN/c1-15(19,11-3-2-4-13(18)7-11)9-10-5-6-12(16)8-14(10)17/h2-8H,9,19H2,1H3. The minimum atomic E-state index is -0.695. The van der Waals surface area contributed by atoms with Gasteiger partial charge in [0.2, 0.25) is 0 Å². The summed E-state index contributed by atoms with van der Waals surface area (Å²) >= 11 is 12.0. The van der Waals surface area contributed by atoms with E-state index >= 15 is 0 Å². The van der Waals surface area contributed by atoms with Crippen molar-refractivity contribution in [2.45, 2.75) is 18.9 Å². The molecule has 2 N–H and O–H groups in total. The molecular weight excluding hydrogens is 284 g/mol. The van der Waals surface area contributed by atoms with Crippen molar-refractivity contribution in [1.82, 2.24) is 0 Å². The Morgan fingerprint density at radius 1 is 1.16 bits per heavy atom. The van der Waals surface area contributed by atoms with Gasteiger partial charge in [-0.25, -0.2) is 4.39 Å². The summed E-state index contributed by atoms with van der Waals surface area (Å²) in [6.45, 7) is 1.85. The maximum atomic E-state index is 13.3. The summed E-state index contributed by atoms with van der Waals surface area (Å²) in [6.07, 6.45) is 0.506. The highest BCUT2D eigenvalue weighted by molar-refractivity contribution is 6.35. The maximum Gasteiger partial charge on any atom is 0.123 e. The number of benzene rings is 2. The number of rotatable bonds is 3. The van der Waals surface area contributed by atoms with Crippen LogP contribution in [0.5, 0.6) is 0 Å². The van der Waals surface area contributed by atoms with Crippen LogP contribution in [0.15, 0.2) is 42.5 Å².